The Labute approximate surface area is 165 Å². The molecular weight excluding hydrogens is 376 g/mol. The third-order valence-electron chi connectivity index (χ3n) is 4.63. The molecule has 1 heterocycles. The zero-order valence-electron chi connectivity index (χ0n) is 16.2. The Bertz CT molecular complexity index is 1080. The molecule has 0 fully saturated rings. The SMILES string of the molecule is CCN(CC)S(=O)(=O)c1ccc(NC(=O)Cn2c(C)nc3ccccc32)cc1. The molecule has 148 valence electrons. The van der Waals surface area contributed by atoms with E-state index in [0.29, 0.717) is 18.8 Å². The number of carbonyl (C=O) groups excluding carboxylic acids is 1. The fourth-order valence-electron chi connectivity index (χ4n) is 3.16. The first-order valence-electron chi connectivity index (χ1n) is 9.18. The Balaban J connectivity index is 1.74. The van der Waals surface area contributed by atoms with Crippen molar-refractivity contribution in [2.45, 2.75) is 32.2 Å². The molecule has 0 radical (unpaired) electrons. The van der Waals surface area contributed by atoms with Crippen LogP contribution in [0, 0.1) is 6.92 Å². The van der Waals surface area contributed by atoms with Crippen molar-refractivity contribution < 1.29 is 13.2 Å². The van der Waals surface area contributed by atoms with E-state index in [1.54, 1.807) is 26.0 Å². The van der Waals surface area contributed by atoms with Crippen molar-refractivity contribution >= 4 is 32.7 Å². The molecule has 0 unspecified atom stereocenters. The van der Waals surface area contributed by atoms with Crippen LogP contribution in [-0.2, 0) is 21.4 Å². The molecule has 8 heteroatoms. The summed E-state index contributed by atoms with van der Waals surface area (Å²) in [5.41, 5.74) is 2.29. The van der Waals surface area contributed by atoms with Gasteiger partial charge in [-0.1, -0.05) is 26.0 Å². The highest BCUT2D eigenvalue weighted by Gasteiger charge is 2.21. The number of hydrogen-bond donors (Lipinski definition) is 1. The lowest BCUT2D eigenvalue weighted by Gasteiger charge is -2.18. The zero-order valence-corrected chi connectivity index (χ0v) is 17.0. The monoisotopic (exact) mass is 400 g/mol. The standard InChI is InChI=1S/C20H24N4O3S/c1-4-23(5-2)28(26,27)17-12-10-16(11-13-17)22-20(25)14-24-15(3)21-18-8-6-7-9-19(18)24/h6-13H,4-5,14H2,1-3H3,(H,22,25). The lowest BCUT2D eigenvalue weighted by atomic mass is 10.3. The summed E-state index contributed by atoms with van der Waals surface area (Å²) >= 11 is 0. The lowest BCUT2D eigenvalue weighted by Crippen LogP contribution is -2.30. The number of carbonyl (C=O) groups is 1. The zero-order chi connectivity index (χ0) is 20.3. The summed E-state index contributed by atoms with van der Waals surface area (Å²) in [6.07, 6.45) is 0. The molecule has 0 aliphatic carbocycles. The van der Waals surface area contributed by atoms with Crippen LogP contribution in [0.15, 0.2) is 53.4 Å². The van der Waals surface area contributed by atoms with Gasteiger partial charge in [0, 0.05) is 18.8 Å². The Morgan fingerprint density at radius 1 is 1.07 bits per heavy atom. The van der Waals surface area contributed by atoms with E-state index in [2.05, 4.69) is 10.3 Å². The third kappa shape index (κ3) is 3.93. The molecule has 0 saturated heterocycles. The van der Waals surface area contributed by atoms with Gasteiger partial charge in [0.05, 0.1) is 15.9 Å². The second-order valence-corrected chi connectivity index (χ2v) is 8.33. The molecule has 0 saturated carbocycles. The van der Waals surface area contributed by atoms with E-state index in [1.165, 1.54) is 16.4 Å². The van der Waals surface area contributed by atoms with Gasteiger partial charge in [0.25, 0.3) is 0 Å². The number of imidazole rings is 1. The summed E-state index contributed by atoms with van der Waals surface area (Å²) in [7, 11) is -3.51. The summed E-state index contributed by atoms with van der Waals surface area (Å²) in [5, 5.41) is 2.81. The first kappa shape index (κ1) is 20.0. The normalized spacial score (nSPS) is 11.9. The lowest BCUT2D eigenvalue weighted by molar-refractivity contribution is -0.116. The van der Waals surface area contributed by atoms with Crippen LogP contribution >= 0.6 is 0 Å². The highest BCUT2D eigenvalue weighted by atomic mass is 32.2. The smallest absolute Gasteiger partial charge is 0.244 e. The second kappa shape index (κ2) is 8.12. The van der Waals surface area contributed by atoms with E-state index < -0.39 is 10.0 Å². The number of nitrogens with zero attached hydrogens (tertiary/aromatic N) is 3. The van der Waals surface area contributed by atoms with Crippen molar-refractivity contribution in [1.82, 2.24) is 13.9 Å². The van der Waals surface area contributed by atoms with Gasteiger partial charge in [-0.25, -0.2) is 13.4 Å². The quantitative estimate of drug-likeness (QED) is 0.661. The van der Waals surface area contributed by atoms with E-state index in [9.17, 15) is 13.2 Å². The maximum atomic E-state index is 12.5. The molecule has 0 aliphatic rings. The average Bonchev–Trinajstić information content (AvgIpc) is 2.98. The van der Waals surface area contributed by atoms with Crippen LogP contribution in [-0.4, -0.2) is 41.3 Å². The number of anilines is 1. The van der Waals surface area contributed by atoms with Crippen LogP contribution in [0.3, 0.4) is 0 Å². The number of hydrogen-bond acceptors (Lipinski definition) is 4. The van der Waals surface area contributed by atoms with Gasteiger partial charge in [-0.15, -0.1) is 0 Å². The molecule has 1 aromatic heterocycles. The number of nitrogens with one attached hydrogen (secondary N) is 1. The minimum absolute atomic E-state index is 0.131. The van der Waals surface area contributed by atoms with Crippen molar-refractivity contribution in [1.29, 1.82) is 0 Å². The molecule has 1 N–H and O–H groups in total. The number of amides is 1. The molecule has 3 aromatic rings. The summed E-state index contributed by atoms with van der Waals surface area (Å²) in [5.74, 6) is 0.558. The molecule has 1 amide bonds. The summed E-state index contributed by atoms with van der Waals surface area (Å²) in [4.78, 5) is 17.1. The Hall–Kier alpha value is -2.71. The Morgan fingerprint density at radius 2 is 1.71 bits per heavy atom. The minimum Gasteiger partial charge on any atom is -0.325 e. The van der Waals surface area contributed by atoms with Gasteiger partial charge in [0.2, 0.25) is 15.9 Å². The van der Waals surface area contributed by atoms with Crippen LogP contribution < -0.4 is 5.32 Å². The highest BCUT2D eigenvalue weighted by molar-refractivity contribution is 7.89. The molecule has 0 bridgehead atoms. The van der Waals surface area contributed by atoms with Gasteiger partial charge in [0.15, 0.2) is 0 Å². The summed E-state index contributed by atoms with van der Waals surface area (Å²) in [6.45, 7) is 6.42. The van der Waals surface area contributed by atoms with Crippen molar-refractivity contribution in [3.8, 4) is 0 Å². The molecule has 3 rings (SSSR count). The maximum absolute atomic E-state index is 12.5. The van der Waals surface area contributed by atoms with Crippen molar-refractivity contribution in [2.24, 2.45) is 0 Å². The number of sulfonamides is 1. The van der Waals surface area contributed by atoms with Gasteiger partial charge >= 0.3 is 0 Å². The predicted octanol–water partition coefficient (Wildman–Crippen LogP) is 3.01. The predicted molar refractivity (Wildman–Crippen MR) is 110 cm³/mol. The molecule has 28 heavy (non-hydrogen) atoms. The molecule has 0 spiro atoms. The molecule has 0 aliphatic heterocycles. The van der Waals surface area contributed by atoms with Gasteiger partial charge in [-0.3, -0.25) is 4.79 Å². The van der Waals surface area contributed by atoms with Crippen LogP contribution in [0.5, 0.6) is 0 Å². The van der Waals surface area contributed by atoms with E-state index in [-0.39, 0.29) is 17.3 Å². The first-order chi connectivity index (χ1) is 13.4. The number of benzene rings is 2. The maximum Gasteiger partial charge on any atom is 0.244 e. The third-order valence-corrected chi connectivity index (χ3v) is 6.69. The summed E-state index contributed by atoms with van der Waals surface area (Å²) in [6, 6.07) is 13.9. The second-order valence-electron chi connectivity index (χ2n) is 6.40. The number of rotatable bonds is 7. The number of para-hydroxylation sites is 2. The topological polar surface area (TPSA) is 84.3 Å². The molecule has 7 nitrogen and oxygen atoms in total. The van der Waals surface area contributed by atoms with Crippen molar-refractivity contribution in [3.05, 3.63) is 54.4 Å². The van der Waals surface area contributed by atoms with Crippen molar-refractivity contribution in [3.63, 3.8) is 0 Å². The van der Waals surface area contributed by atoms with Gasteiger partial charge in [0.1, 0.15) is 12.4 Å². The largest absolute Gasteiger partial charge is 0.325 e. The highest BCUT2D eigenvalue weighted by Crippen LogP contribution is 2.19. The summed E-state index contributed by atoms with van der Waals surface area (Å²) < 4.78 is 28.3. The van der Waals surface area contributed by atoms with Gasteiger partial charge in [-0.2, -0.15) is 4.31 Å². The fraction of sp³-hybridized carbons (Fsp3) is 0.300. The fourth-order valence-corrected chi connectivity index (χ4v) is 4.62. The van der Waals surface area contributed by atoms with Gasteiger partial charge in [-0.05, 0) is 43.3 Å². The van der Waals surface area contributed by atoms with Crippen LogP contribution in [0.1, 0.15) is 19.7 Å². The molecule has 2 aromatic carbocycles. The van der Waals surface area contributed by atoms with Crippen LogP contribution in [0.4, 0.5) is 5.69 Å². The minimum atomic E-state index is -3.51. The number of fused-ring (bicyclic) bond motifs is 1. The van der Waals surface area contributed by atoms with E-state index in [0.717, 1.165) is 16.9 Å². The molecule has 0 atom stereocenters. The Kier molecular flexibility index (Phi) is 5.81. The van der Waals surface area contributed by atoms with Crippen LogP contribution in [0.2, 0.25) is 0 Å². The van der Waals surface area contributed by atoms with Gasteiger partial charge < -0.3 is 9.88 Å². The number of aryl methyl sites for hydroxylation is 1. The average molecular weight is 401 g/mol. The first-order valence-corrected chi connectivity index (χ1v) is 10.6. The Morgan fingerprint density at radius 3 is 2.36 bits per heavy atom. The van der Waals surface area contributed by atoms with E-state index in [1.807, 2.05) is 35.8 Å². The van der Waals surface area contributed by atoms with E-state index in [4.69, 9.17) is 0 Å². The number of aromatic nitrogens is 2. The van der Waals surface area contributed by atoms with Crippen LogP contribution in [0.25, 0.3) is 11.0 Å². The molecular formula is C20H24N4O3S. The van der Waals surface area contributed by atoms with E-state index >= 15 is 0 Å². The van der Waals surface area contributed by atoms with Crippen molar-refractivity contribution in [2.75, 3.05) is 18.4 Å².